The van der Waals surface area contributed by atoms with E-state index in [0.29, 0.717) is 0 Å². The van der Waals surface area contributed by atoms with Gasteiger partial charge in [-0.05, 0) is 32.4 Å². The van der Waals surface area contributed by atoms with Gasteiger partial charge in [-0.3, -0.25) is 4.90 Å². The molecule has 116 valence electrons. The van der Waals surface area contributed by atoms with Crippen molar-refractivity contribution in [3.05, 3.63) is 35.9 Å². The zero-order valence-corrected chi connectivity index (χ0v) is 14.3. The van der Waals surface area contributed by atoms with Gasteiger partial charge in [-0.25, -0.2) is 0 Å². The molecular weight excluding hydrogens is 246 g/mol. The highest BCUT2D eigenvalue weighted by atomic mass is 16.5. The van der Waals surface area contributed by atoms with Gasteiger partial charge in [0.25, 0.3) is 0 Å². The summed E-state index contributed by atoms with van der Waals surface area (Å²) < 4.78 is 5.91. The predicted octanol–water partition coefficient (Wildman–Crippen LogP) is 4.74. The lowest BCUT2D eigenvalue weighted by Gasteiger charge is -2.26. The van der Waals surface area contributed by atoms with E-state index in [1.54, 1.807) is 0 Å². The van der Waals surface area contributed by atoms with Crippen LogP contribution in [0, 0.1) is 0 Å². The molecule has 2 heteroatoms. The second-order valence-electron chi connectivity index (χ2n) is 5.32. The first-order valence-electron chi connectivity index (χ1n) is 7.97. The van der Waals surface area contributed by atoms with Crippen molar-refractivity contribution in [1.82, 2.24) is 4.90 Å². The van der Waals surface area contributed by atoms with Crippen LogP contribution in [0.3, 0.4) is 0 Å². The molecule has 1 aromatic carbocycles. The molecule has 0 spiro atoms. The van der Waals surface area contributed by atoms with Crippen molar-refractivity contribution < 1.29 is 4.74 Å². The van der Waals surface area contributed by atoms with E-state index >= 15 is 0 Å². The van der Waals surface area contributed by atoms with Crippen LogP contribution in [0.5, 0.6) is 0 Å². The number of rotatable bonds is 8. The Balaban J connectivity index is 0.00000172. The number of likely N-dealkylation sites (N-methyl/N-ethyl adjacent to an activating group) is 1. The van der Waals surface area contributed by atoms with Gasteiger partial charge in [0, 0.05) is 13.1 Å². The third-order valence-electron chi connectivity index (χ3n) is 3.45. The Morgan fingerprint density at radius 1 is 1.05 bits per heavy atom. The second kappa shape index (κ2) is 10.9. The summed E-state index contributed by atoms with van der Waals surface area (Å²) in [6, 6.07) is 10.6. The minimum atomic E-state index is 0.00611. The van der Waals surface area contributed by atoms with Crippen molar-refractivity contribution in [3.8, 4) is 0 Å². The molecule has 2 nitrogen and oxygen atoms in total. The van der Waals surface area contributed by atoms with Crippen molar-refractivity contribution in [2.75, 3.05) is 19.7 Å². The number of hydrogen-bond acceptors (Lipinski definition) is 2. The molecule has 0 unspecified atom stereocenters. The topological polar surface area (TPSA) is 12.5 Å². The molecule has 0 aromatic heterocycles. The number of ether oxygens (including phenoxy) is 1. The Bertz CT molecular complexity index is 321. The summed E-state index contributed by atoms with van der Waals surface area (Å²) in [5, 5.41) is 0. The van der Waals surface area contributed by atoms with E-state index in [4.69, 9.17) is 4.74 Å². The molecule has 0 bridgehead atoms. The molecule has 0 aliphatic heterocycles. The van der Waals surface area contributed by atoms with Crippen molar-refractivity contribution in [1.29, 1.82) is 0 Å². The van der Waals surface area contributed by atoms with Crippen molar-refractivity contribution >= 4 is 0 Å². The molecule has 0 heterocycles. The summed E-state index contributed by atoms with van der Waals surface area (Å²) >= 11 is 0. The first kappa shape index (κ1) is 19.1. The Morgan fingerprint density at radius 3 is 2.15 bits per heavy atom. The number of hydrogen-bond donors (Lipinski definition) is 0. The van der Waals surface area contributed by atoms with E-state index < -0.39 is 0 Å². The highest BCUT2D eigenvalue weighted by molar-refractivity contribution is 5.14. The monoisotopic (exact) mass is 279 g/mol. The molecule has 1 rings (SSSR count). The largest absolute Gasteiger partial charge is 0.374 e. The molecule has 0 amide bonds. The molecule has 20 heavy (non-hydrogen) atoms. The Kier molecular flexibility index (Phi) is 10.4. The maximum absolute atomic E-state index is 5.91. The van der Waals surface area contributed by atoms with Gasteiger partial charge in [-0.2, -0.15) is 0 Å². The van der Waals surface area contributed by atoms with Gasteiger partial charge < -0.3 is 4.74 Å². The minimum Gasteiger partial charge on any atom is -0.374 e. The molecule has 0 aliphatic carbocycles. The average Bonchev–Trinajstić information content (AvgIpc) is 2.49. The summed E-state index contributed by atoms with van der Waals surface area (Å²) in [5.41, 5.74) is 1.38. The van der Waals surface area contributed by atoms with E-state index in [0.717, 1.165) is 32.7 Å². The fourth-order valence-electron chi connectivity index (χ4n) is 1.74. The first-order valence-corrected chi connectivity index (χ1v) is 7.97. The van der Waals surface area contributed by atoms with E-state index in [9.17, 15) is 0 Å². The molecule has 0 N–H and O–H groups in total. The van der Waals surface area contributed by atoms with Crippen LogP contribution in [-0.4, -0.2) is 30.2 Å². The molecule has 0 fully saturated rings. The quantitative estimate of drug-likeness (QED) is 0.681. The summed E-state index contributed by atoms with van der Waals surface area (Å²) in [6.45, 7) is 16.5. The smallest absolute Gasteiger partial charge is 0.0624 e. The molecular formula is C18H33NO. The van der Waals surface area contributed by atoms with E-state index in [-0.39, 0.29) is 5.60 Å². The highest BCUT2D eigenvalue weighted by Gasteiger charge is 2.15. The lowest BCUT2D eigenvalue weighted by Crippen LogP contribution is -2.31. The van der Waals surface area contributed by atoms with Crippen LogP contribution in [0.4, 0.5) is 0 Å². The van der Waals surface area contributed by atoms with E-state index in [2.05, 4.69) is 62.9 Å². The summed E-state index contributed by atoms with van der Waals surface area (Å²) in [5.74, 6) is 0. The third-order valence-corrected chi connectivity index (χ3v) is 3.45. The van der Waals surface area contributed by atoms with Crippen LogP contribution >= 0.6 is 0 Å². The lowest BCUT2D eigenvalue weighted by atomic mass is 10.1. The van der Waals surface area contributed by atoms with Crippen LogP contribution < -0.4 is 0 Å². The fraction of sp³-hybridized carbons (Fsp3) is 0.667. The first-order chi connectivity index (χ1) is 9.57. The average molecular weight is 279 g/mol. The number of nitrogens with zero attached hydrogens (tertiary/aromatic N) is 1. The van der Waals surface area contributed by atoms with Crippen LogP contribution in [-0.2, 0) is 11.3 Å². The fourth-order valence-corrected chi connectivity index (χ4v) is 1.74. The maximum Gasteiger partial charge on any atom is 0.0624 e. The molecule has 0 saturated carbocycles. The van der Waals surface area contributed by atoms with Gasteiger partial charge in [-0.15, -0.1) is 0 Å². The molecule has 0 saturated heterocycles. The Labute approximate surface area is 126 Å². The van der Waals surface area contributed by atoms with Gasteiger partial charge in [-0.1, -0.05) is 58.0 Å². The van der Waals surface area contributed by atoms with Crippen LogP contribution in [0.2, 0.25) is 0 Å². The van der Waals surface area contributed by atoms with Crippen molar-refractivity contribution in [2.45, 2.75) is 60.1 Å². The highest BCUT2D eigenvalue weighted by Crippen LogP contribution is 2.13. The summed E-state index contributed by atoms with van der Waals surface area (Å²) in [7, 11) is 0. The van der Waals surface area contributed by atoms with Crippen molar-refractivity contribution in [2.24, 2.45) is 0 Å². The predicted molar refractivity (Wildman–Crippen MR) is 89.1 cm³/mol. The SMILES string of the molecule is CC.CCN(CCOC(C)(C)CC)Cc1ccccc1. The molecule has 0 radical (unpaired) electrons. The zero-order chi connectivity index (χ0) is 15.4. The standard InChI is InChI=1S/C16H27NO.C2H6/c1-5-16(3,4)18-13-12-17(6-2)14-15-10-8-7-9-11-15;1-2/h7-11H,5-6,12-14H2,1-4H3;1-2H3. The van der Waals surface area contributed by atoms with Crippen LogP contribution in [0.15, 0.2) is 30.3 Å². The normalized spacial score (nSPS) is 11.2. The maximum atomic E-state index is 5.91. The van der Waals surface area contributed by atoms with Crippen LogP contribution in [0.1, 0.15) is 53.5 Å². The van der Waals surface area contributed by atoms with Crippen molar-refractivity contribution in [3.63, 3.8) is 0 Å². The third kappa shape index (κ3) is 8.34. The molecule has 1 aromatic rings. The minimum absolute atomic E-state index is 0.00611. The summed E-state index contributed by atoms with van der Waals surface area (Å²) in [6.07, 6.45) is 1.05. The van der Waals surface area contributed by atoms with E-state index in [1.807, 2.05) is 13.8 Å². The Hall–Kier alpha value is -0.860. The van der Waals surface area contributed by atoms with Crippen LogP contribution in [0.25, 0.3) is 0 Å². The van der Waals surface area contributed by atoms with Gasteiger partial charge in [0.1, 0.15) is 0 Å². The van der Waals surface area contributed by atoms with Gasteiger partial charge in [0.05, 0.1) is 12.2 Å². The molecule has 0 atom stereocenters. The van der Waals surface area contributed by atoms with Gasteiger partial charge in [0.2, 0.25) is 0 Å². The second-order valence-corrected chi connectivity index (χ2v) is 5.32. The van der Waals surface area contributed by atoms with E-state index in [1.165, 1.54) is 5.56 Å². The molecule has 0 aliphatic rings. The number of benzene rings is 1. The lowest BCUT2D eigenvalue weighted by molar-refractivity contribution is -0.0290. The summed E-state index contributed by atoms with van der Waals surface area (Å²) in [4.78, 5) is 2.42. The van der Waals surface area contributed by atoms with Gasteiger partial charge in [0.15, 0.2) is 0 Å². The zero-order valence-electron chi connectivity index (χ0n) is 14.3. The Morgan fingerprint density at radius 2 is 1.65 bits per heavy atom. The van der Waals surface area contributed by atoms with Gasteiger partial charge >= 0.3 is 0 Å².